The lowest BCUT2D eigenvalue weighted by atomic mass is 9.99. The van der Waals surface area contributed by atoms with Crippen LogP contribution in [0.3, 0.4) is 0 Å². The molecule has 12 aromatic rings. The first kappa shape index (κ1) is 26.9. The van der Waals surface area contributed by atoms with E-state index in [2.05, 4.69) is 167 Å². The molecule has 4 aromatic heterocycles. The largest absolute Gasteiger partial charge is 0.309 e. The summed E-state index contributed by atoms with van der Waals surface area (Å²) in [5.74, 6) is 0. The Labute approximate surface area is 294 Å². The van der Waals surface area contributed by atoms with Crippen LogP contribution in [0.4, 0.5) is 0 Å². The van der Waals surface area contributed by atoms with Gasteiger partial charge in [-0.1, -0.05) is 97.1 Å². The van der Waals surface area contributed by atoms with Crippen molar-refractivity contribution in [1.82, 2.24) is 9.13 Å². The molecule has 232 valence electrons. The van der Waals surface area contributed by atoms with Crippen LogP contribution < -0.4 is 0 Å². The van der Waals surface area contributed by atoms with E-state index >= 15 is 0 Å². The van der Waals surface area contributed by atoms with E-state index < -0.39 is 0 Å². The van der Waals surface area contributed by atoms with Gasteiger partial charge in [-0.3, -0.25) is 0 Å². The predicted octanol–water partition coefficient (Wildman–Crippen LogP) is 13.8. The van der Waals surface area contributed by atoms with E-state index in [1.807, 2.05) is 22.7 Å². The fraction of sp³-hybridized carbons (Fsp3) is 0. The molecule has 0 fully saturated rings. The number of benzene rings is 8. The van der Waals surface area contributed by atoms with E-state index in [4.69, 9.17) is 0 Å². The second-order valence-corrected chi connectivity index (χ2v) is 15.4. The third-order valence-electron chi connectivity index (χ3n) is 10.7. The second kappa shape index (κ2) is 9.82. The molecular formula is C46H26N2S2. The smallest absolute Gasteiger partial charge is 0.0541 e. The summed E-state index contributed by atoms with van der Waals surface area (Å²) in [5.41, 5.74) is 7.38. The van der Waals surface area contributed by atoms with E-state index in [-0.39, 0.29) is 0 Å². The molecular weight excluding hydrogens is 645 g/mol. The molecule has 0 saturated carbocycles. The van der Waals surface area contributed by atoms with Crippen molar-refractivity contribution in [3.05, 3.63) is 158 Å². The van der Waals surface area contributed by atoms with Gasteiger partial charge in [0.15, 0.2) is 0 Å². The molecule has 4 heteroatoms. The lowest BCUT2D eigenvalue weighted by Crippen LogP contribution is -1.93. The first-order chi connectivity index (χ1) is 24.8. The molecule has 0 N–H and O–H groups in total. The van der Waals surface area contributed by atoms with Crippen molar-refractivity contribution < 1.29 is 0 Å². The van der Waals surface area contributed by atoms with Crippen LogP contribution >= 0.6 is 22.7 Å². The first-order valence-electron chi connectivity index (χ1n) is 17.0. The van der Waals surface area contributed by atoms with Crippen molar-refractivity contribution in [2.75, 3.05) is 0 Å². The lowest BCUT2D eigenvalue weighted by molar-refractivity contribution is 1.19. The van der Waals surface area contributed by atoms with Gasteiger partial charge < -0.3 is 9.13 Å². The van der Waals surface area contributed by atoms with Crippen molar-refractivity contribution in [2.45, 2.75) is 0 Å². The Morgan fingerprint density at radius 3 is 1.00 bits per heavy atom. The van der Waals surface area contributed by atoms with Gasteiger partial charge in [-0.05, 0) is 71.4 Å². The summed E-state index contributed by atoms with van der Waals surface area (Å²) in [7, 11) is 0. The Bertz CT molecular complexity index is 3050. The number of fused-ring (bicyclic) bond motifs is 15. The molecule has 0 radical (unpaired) electrons. The van der Waals surface area contributed by atoms with Crippen LogP contribution in [0.25, 0.3) is 106 Å². The number of rotatable bonds is 2. The Morgan fingerprint density at radius 2 is 0.620 bits per heavy atom. The molecule has 0 bridgehead atoms. The molecule has 0 aliphatic heterocycles. The molecule has 4 heterocycles. The second-order valence-electron chi connectivity index (χ2n) is 13.3. The number of hydrogen-bond acceptors (Lipinski definition) is 2. The van der Waals surface area contributed by atoms with Crippen LogP contribution in [0.2, 0.25) is 0 Å². The minimum Gasteiger partial charge on any atom is -0.309 e. The summed E-state index contributed by atoms with van der Waals surface area (Å²) >= 11 is 3.80. The molecule has 0 amide bonds. The van der Waals surface area contributed by atoms with Gasteiger partial charge in [-0.15, -0.1) is 22.7 Å². The quantitative estimate of drug-likeness (QED) is 0.173. The summed E-state index contributed by atoms with van der Waals surface area (Å²) in [6, 6.07) is 58.5. The highest BCUT2D eigenvalue weighted by Gasteiger charge is 2.18. The van der Waals surface area contributed by atoms with Crippen LogP contribution in [0.5, 0.6) is 0 Å². The van der Waals surface area contributed by atoms with Gasteiger partial charge in [0.1, 0.15) is 0 Å². The summed E-state index contributed by atoms with van der Waals surface area (Å²) in [4.78, 5) is 0. The van der Waals surface area contributed by atoms with Gasteiger partial charge in [-0.2, -0.15) is 0 Å². The van der Waals surface area contributed by atoms with Crippen molar-refractivity contribution in [3.8, 4) is 11.4 Å². The molecule has 0 unspecified atom stereocenters. The normalized spacial score (nSPS) is 12.4. The maximum atomic E-state index is 2.42. The summed E-state index contributed by atoms with van der Waals surface area (Å²) in [6.45, 7) is 0. The highest BCUT2D eigenvalue weighted by atomic mass is 32.1. The molecule has 0 aliphatic carbocycles. The number of thiophene rings is 2. The SMILES string of the molecule is c1ccc2c(c1)c1ccccc1n2-c1ccc2c(c1)sc1ccc3c(ccc4sc5cc(-n6c7ccccc7c7ccccc76)ccc5c43)c12. The summed E-state index contributed by atoms with van der Waals surface area (Å²) in [5, 5.41) is 13.2. The van der Waals surface area contributed by atoms with Gasteiger partial charge in [0.05, 0.1) is 22.1 Å². The van der Waals surface area contributed by atoms with Crippen LogP contribution in [-0.4, -0.2) is 9.13 Å². The zero-order valence-corrected chi connectivity index (χ0v) is 28.4. The third kappa shape index (κ3) is 3.51. The topological polar surface area (TPSA) is 9.86 Å². The maximum Gasteiger partial charge on any atom is 0.0541 e. The van der Waals surface area contributed by atoms with Crippen LogP contribution in [0.15, 0.2) is 158 Å². The zero-order chi connectivity index (χ0) is 32.5. The van der Waals surface area contributed by atoms with E-state index in [1.54, 1.807) is 0 Å². The number of hydrogen-bond donors (Lipinski definition) is 0. The standard InChI is InChI=1S/C46H26N2S2/c1-5-13-37-29(9-1)30-10-2-6-14-38(30)47(37)27-17-19-35-43(25-27)49-41-23-21-34-33(45(35)41)22-24-42-46(34)36-20-18-28(26-44(36)50-42)48-39-15-7-3-11-31(39)32-12-4-8-16-40(32)48/h1-26H. The number of nitrogens with zero attached hydrogens (tertiary/aromatic N) is 2. The number of aromatic nitrogens is 2. The van der Waals surface area contributed by atoms with Crippen molar-refractivity contribution in [2.24, 2.45) is 0 Å². The maximum absolute atomic E-state index is 2.42. The molecule has 50 heavy (non-hydrogen) atoms. The fourth-order valence-electron chi connectivity index (χ4n) is 8.61. The Kier molecular flexibility index (Phi) is 5.29. The average molecular weight is 671 g/mol. The van der Waals surface area contributed by atoms with Gasteiger partial charge >= 0.3 is 0 Å². The lowest BCUT2D eigenvalue weighted by Gasteiger charge is -2.09. The van der Waals surface area contributed by atoms with E-state index in [1.165, 1.54) is 106 Å². The molecule has 0 atom stereocenters. The zero-order valence-electron chi connectivity index (χ0n) is 26.7. The third-order valence-corrected chi connectivity index (χ3v) is 12.9. The van der Waals surface area contributed by atoms with Crippen molar-refractivity contribution >= 4 is 117 Å². The van der Waals surface area contributed by atoms with Gasteiger partial charge in [0, 0.05) is 73.3 Å². The van der Waals surface area contributed by atoms with Crippen molar-refractivity contribution in [3.63, 3.8) is 0 Å². The highest BCUT2D eigenvalue weighted by Crippen LogP contribution is 2.45. The van der Waals surface area contributed by atoms with Gasteiger partial charge in [0.25, 0.3) is 0 Å². The monoisotopic (exact) mass is 670 g/mol. The minimum atomic E-state index is 1.20. The molecule has 0 spiro atoms. The Morgan fingerprint density at radius 1 is 0.280 bits per heavy atom. The van der Waals surface area contributed by atoms with Gasteiger partial charge in [-0.25, -0.2) is 0 Å². The van der Waals surface area contributed by atoms with E-state index in [9.17, 15) is 0 Å². The molecule has 2 nitrogen and oxygen atoms in total. The molecule has 0 saturated heterocycles. The minimum absolute atomic E-state index is 1.20. The molecule has 12 rings (SSSR count). The van der Waals surface area contributed by atoms with Crippen LogP contribution in [-0.2, 0) is 0 Å². The van der Waals surface area contributed by atoms with Crippen molar-refractivity contribution in [1.29, 1.82) is 0 Å². The average Bonchev–Trinajstić information content (AvgIpc) is 3.91. The Hall–Kier alpha value is -5.94. The predicted molar refractivity (Wildman–Crippen MR) is 218 cm³/mol. The summed E-state index contributed by atoms with van der Waals surface area (Å²) < 4.78 is 10.1. The van der Waals surface area contributed by atoms with Crippen LogP contribution in [0.1, 0.15) is 0 Å². The molecule has 0 aliphatic rings. The molecule has 8 aromatic carbocycles. The van der Waals surface area contributed by atoms with E-state index in [0.717, 1.165) is 0 Å². The van der Waals surface area contributed by atoms with Crippen LogP contribution in [0, 0.1) is 0 Å². The van der Waals surface area contributed by atoms with E-state index in [0.29, 0.717) is 0 Å². The Balaban J connectivity index is 1.06. The van der Waals surface area contributed by atoms with Gasteiger partial charge in [0.2, 0.25) is 0 Å². The summed E-state index contributed by atoms with van der Waals surface area (Å²) in [6.07, 6.45) is 0. The highest BCUT2D eigenvalue weighted by molar-refractivity contribution is 7.26. The fourth-order valence-corrected chi connectivity index (χ4v) is 10.9. The first-order valence-corrected chi connectivity index (χ1v) is 18.6. The number of para-hydroxylation sites is 4.